The monoisotopic (exact) mass is 436 g/mol. The molecule has 1 aliphatic heterocycles. The number of esters is 1. The second kappa shape index (κ2) is 7.77. The first kappa shape index (κ1) is 18.9. The zero-order chi connectivity index (χ0) is 18.0. The molecule has 3 rings (SSSR count). The molecular formula is C20H21BrO2S2. The first-order valence-electron chi connectivity index (χ1n) is 8.20. The van der Waals surface area contributed by atoms with Crippen LogP contribution >= 0.6 is 39.5 Å². The zero-order valence-corrected chi connectivity index (χ0v) is 17.8. The van der Waals surface area contributed by atoms with Crippen LogP contribution < -0.4 is 4.74 Å². The predicted octanol–water partition coefficient (Wildman–Crippen LogP) is 6.44. The average Bonchev–Trinajstić information content (AvgIpc) is 3.10. The van der Waals surface area contributed by atoms with Crippen molar-refractivity contribution in [3.63, 3.8) is 0 Å². The van der Waals surface area contributed by atoms with Crippen molar-refractivity contribution in [1.29, 1.82) is 0 Å². The summed E-state index contributed by atoms with van der Waals surface area (Å²) in [7, 11) is 0. The van der Waals surface area contributed by atoms with Gasteiger partial charge in [-0.05, 0) is 41.3 Å². The summed E-state index contributed by atoms with van der Waals surface area (Å²) in [4.78, 5) is 12.6. The Morgan fingerprint density at radius 3 is 2.32 bits per heavy atom. The molecule has 1 aliphatic rings. The molecule has 1 fully saturated rings. The van der Waals surface area contributed by atoms with Crippen LogP contribution in [-0.2, 0) is 5.41 Å². The van der Waals surface area contributed by atoms with Crippen LogP contribution in [0.1, 0.15) is 46.8 Å². The number of ether oxygens (including phenoxy) is 1. The maximum Gasteiger partial charge on any atom is 0.343 e. The third-order valence-corrected chi connectivity index (χ3v) is 7.60. The maximum absolute atomic E-state index is 12.6. The summed E-state index contributed by atoms with van der Waals surface area (Å²) in [6.45, 7) is 6.47. The van der Waals surface area contributed by atoms with Gasteiger partial charge in [-0.15, -0.1) is 23.5 Å². The van der Waals surface area contributed by atoms with E-state index >= 15 is 0 Å². The predicted molar refractivity (Wildman–Crippen MR) is 112 cm³/mol. The molecule has 0 aromatic heterocycles. The van der Waals surface area contributed by atoms with Crippen molar-refractivity contribution in [2.45, 2.75) is 30.8 Å². The van der Waals surface area contributed by atoms with E-state index in [-0.39, 0.29) is 11.4 Å². The van der Waals surface area contributed by atoms with Crippen LogP contribution in [-0.4, -0.2) is 17.5 Å². The minimum absolute atomic E-state index is 0.0677. The van der Waals surface area contributed by atoms with Gasteiger partial charge in [-0.25, -0.2) is 4.79 Å². The lowest BCUT2D eigenvalue weighted by molar-refractivity contribution is 0.0733. The second-order valence-electron chi connectivity index (χ2n) is 6.97. The molecule has 5 heteroatoms. The van der Waals surface area contributed by atoms with Gasteiger partial charge in [0.05, 0.1) is 10.1 Å². The van der Waals surface area contributed by atoms with Crippen molar-refractivity contribution in [2.75, 3.05) is 11.5 Å². The molecule has 1 saturated heterocycles. The van der Waals surface area contributed by atoms with Crippen LogP contribution in [0.2, 0.25) is 0 Å². The number of rotatable bonds is 3. The van der Waals surface area contributed by atoms with E-state index in [1.807, 2.05) is 59.9 Å². The lowest BCUT2D eigenvalue weighted by Gasteiger charge is -2.19. The van der Waals surface area contributed by atoms with E-state index in [2.05, 4.69) is 42.8 Å². The van der Waals surface area contributed by atoms with Gasteiger partial charge in [-0.2, -0.15) is 0 Å². The molecule has 2 aromatic rings. The molecule has 2 nitrogen and oxygen atoms in total. The molecule has 0 saturated carbocycles. The highest BCUT2D eigenvalue weighted by atomic mass is 79.9. The molecule has 0 radical (unpaired) electrons. The molecule has 0 atom stereocenters. The fraction of sp³-hybridized carbons (Fsp3) is 0.350. The largest absolute Gasteiger partial charge is 0.423 e. The highest BCUT2D eigenvalue weighted by Gasteiger charge is 2.24. The standard InChI is InChI=1S/C20H21BrO2S2/c1-20(2,3)14-6-4-13(5-7-14)18(22)23-17-9-8-15(21)12-16(17)19-24-10-11-25-19/h4-9,12,19H,10-11H2,1-3H3. The average molecular weight is 437 g/mol. The van der Waals surface area contributed by atoms with Crippen molar-refractivity contribution >= 4 is 45.4 Å². The molecule has 0 unspecified atom stereocenters. The molecule has 0 N–H and O–H groups in total. The van der Waals surface area contributed by atoms with Crippen molar-refractivity contribution in [2.24, 2.45) is 0 Å². The smallest absolute Gasteiger partial charge is 0.343 e. The van der Waals surface area contributed by atoms with E-state index in [0.717, 1.165) is 21.5 Å². The number of benzene rings is 2. The Balaban J connectivity index is 1.81. The number of thioether (sulfide) groups is 2. The Kier molecular flexibility index (Phi) is 5.86. The highest BCUT2D eigenvalue weighted by Crippen LogP contribution is 2.48. The van der Waals surface area contributed by atoms with Crippen LogP contribution in [0.25, 0.3) is 0 Å². The summed E-state index contributed by atoms with van der Waals surface area (Å²) in [6.07, 6.45) is 0. The van der Waals surface area contributed by atoms with Crippen LogP contribution in [0.3, 0.4) is 0 Å². The van der Waals surface area contributed by atoms with E-state index in [1.165, 1.54) is 5.56 Å². The van der Waals surface area contributed by atoms with Crippen molar-refractivity contribution in [3.8, 4) is 5.75 Å². The summed E-state index contributed by atoms with van der Waals surface area (Å²) < 4.78 is 7.07. The third-order valence-electron chi connectivity index (χ3n) is 4.04. The van der Waals surface area contributed by atoms with Crippen molar-refractivity contribution < 1.29 is 9.53 Å². The van der Waals surface area contributed by atoms with Crippen LogP contribution in [0.15, 0.2) is 46.9 Å². The van der Waals surface area contributed by atoms with Gasteiger partial charge < -0.3 is 4.74 Å². The van der Waals surface area contributed by atoms with E-state index < -0.39 is 0 Å². The van der Waals surface area contributed by atoms with E-state index in [0.29, 0.717) is 15.9 Å². The summed E-state index contributed by atoms with van der Waals surface area (Å²) in [5, 5.41) is 0. The van der Waals surface area contributed by atoms with E-state index in [4.69, 9.17) is 4.74 Å². The van der Waals surface area contributed by atoms with Crippen LogP contribution in [0.5, 0.6) is 5.75 Å². The second-order valence-corrected chi connectivity index (χ2v) is 10.6. The summed E-state index contributed by atoms with van der Waals surface area (Å²) in [5.41, 5.74) is 2.92. The Morgan fingerprint density at radius 2 is 1.72 bits per heavy atom. The fourth-order valence-electron chi connectivity index (χ4n) is 2.60. The Morgan fingerprint density at radius 1 is 1.08 bits per heavy atom. The topological polar surface area (TPSA) is 26.3 Å². The van der Waals surface area contributed by atoms with Gasteiger partial charge in [0.1, 0.15) is 5.75 Å². The Labute approximate surface area is 166 Å². The molecule has 0 aliphatic carbocycles. The fourth-order valence-corrected chi connectivity index (χ4v) is 5.87. The zero-order valence-electron chi connectivity index (χ0n) is 14.5. The lowest BCUT2D eigenvalue weighted by Crippen LogP contribution is -2.13. The van der Waals surface area contributed by atoms with Crippen molar-refractivity contribution in [3.05, 3.63) is 63.6 Å². The summed E-state index contributed by atoms with van der Waals surface area (Å²) in [5.74, 6) is 2.60. The van der Waals surface area contributed by atoms with Crippen molar-refractivity contribution in [1.82, 2.24) is 0 Å². The maximum atomic E-state index is 12.6. The number of carbonyl (C=O) groups is 1. The Bertz CT molecular complexity index is 760. The van der Waals surface area contributed by atoms with E-state index in [1.54, 1.807) is 0 Å². The summed E-state index contributed by atoms with van der Waals surface area (Å²) >= 11 is 7.32. The van der Waals surface area contributed by atoms with Crippen LogP contribution in [0, 0.1) is 0 Å². The van der Waals surface area contributed by atoms with Gasteiger partial charge in [0.15, 0.2) is 0 Å². The lowest BCUT2D eigenvalue weighted by atomic mass is 9.87. The Hall–Kier alpha value is -0.910. The molecule has 132 valence electrons. The molecule has 0 bridgehead atoms. The first-order valence-corrected chi connectivity index (χ1v) is 11.1. The van der Waals surface area contributed by atoms with Gasteiger partial charge >= 0.3 is 5.97 Å². The molecule has 2 aromatic carbocycles. The first-order chi connectivity index (χ1) is 11.8. The summed E-state index contributed by atoms with van der Waals surface area (Å²) in [6, 6.07) is 13.5. The minimum atomic E-state index is -0.308. The van der Waals surface area contributed by atoms with Gasteiger partial charge in [0.2, 0.25) is 0 Å². The molecule has 25 heavy (non-hydrogen) atoms. The third kappa shape index (κ3) is 4.63. The van der Waals surface area contributed by atoms with Crippen LogP contribution in [0.4, 0.5) is 0 Å². The quantitative estimate of drug-likeness (QED) is 0.408. The van der Waals surface area contributed by atoms with Gasteiger partial charge in [-0.1, -0.05) is 48.8 Å². The molecular weight excluding hydrogens is 416 g/mol. The highest BCUT2D eigenvalue weighted by molar-refractivity contribution is 9.10. The number of hydrogen-bond acceptors (Lipinski definition) is 4. The van der Waals surface area contributed by atoms with Gasteiger partial charge in [-0.3, -0.25) is 0 Å². The van der Waals surface area contributed by atoms with Gasteiger partial charge in [0.25, 0.3) is 0 Å². The molecule has 1 heterocycles. The number of carbonyl (C=O) groups excluding carboxylic acids is 1. The number of hydrogen-bond donors (Lipinski definition) is 0. The molecule has 0 spiro atoms. The minimum Gasteiger partial charge on any atom is -0.423 e. The van der Waals surface area contributed by atoms with Gasteiger partial charge in [0, 0.05) is 21.5 Å². The molecule has 0 amide bonds. The number of halogens is 1. The normalized spacial score (nSPS) is 15.4. The SMILES string of the molecule is CC(C)(C)c1ccc(C(=O)Oc2ccc(Br)cc2C2SCCS2)cc1. The van der Waals surface area contributed by atoms with E-state index in [9.17, 15) is 4.79 Å².